The average molecular weight is 340 g/mol. The molecule has 1 aromatic heterocycles. The topological polar surface area (TPSA) is 68.8 Å². The van der Waals surface area contributed by atoms with Crippen LogP contribution in [0.15, 0.2) is 29.0 Å². The fraction of sp³-hybridized carbons (Fsp3) is 0.250. The molecule has 0 bridgehead atoms. The summed E-state index contributed by atoms with van der Waals surface area (Å²) in [4.78, 5) is 4.55. The van der Waals surface area contributed by atoms with Gasteiger partial charge in [0.05, 0.1) is 0 Å². The molecule has 7 heteroatoms. The number of hydrogen-bond donors (Lipinski definition) is 2. The van der Waals surface area contributed by atoms with Crippen molar-refractivity contribution in [3.8, 4) is 0 Å². The first kappa shape index (κ1) is 14.0. The SMILES string of the molecule is Cn1cnc(CCNc2ccc(Br)cc2C(N)=S)n1. The zero-order valence-electron chi connectivity index (χ0n) is 10.4. The zero-order valence-corrected chi connectivity index (χ0v) is 12.8. The van der Waals surface area contributed by atoms with E-state index in [2.05, 4.69) is 31.3 Å². The summed E-state index contributed by atoms with van der Waals surface area (Å²) >= 11 is 8.45. The van der Waals surface area contributed by atoms with E-state index in [1.165, 1.54) is 0 Å². The first-order chi connectivity index (χ1) is 9.06. The Balaban J connectivity index is 2.01. The lowest BCUT2D eigenvalue weighted by atomic mass is 10.1. The maximum absolute atomic E-state index is 5.71. The van der Waals surface area contributed by atoms with Crippen molar-refractivity contribution in [1.29, 1.82) is 0 Å². The summed E-state index contributed by atoms with van der Waals surface area (Å²) in [6, 6.07) is 5.80. The Bertz CT molecular complexity index is 596. The Morgan fingerprint density at radius 3 is 2.95 bits per heavy atom. The standard InChI is InChI=1S/C12H14BrN5S/c1-18-7-16-11(17-18)4-5-15-10-3-2-8(13)6-9(10)12(14)19/h2-3,6-7,15H,4-5H2,1H3,(H2,14,19). The van der Waals surface area contributed by atoms with E-state index in [0.717, 1.165) is 34.5 Å². The van der Waals surface area contributed by atoms with Gasteiger partial charge in [0.25, 0.3) is 0 Å². The van der Waals surface area contributed by atoms with Crippen molar-refractivity contribution in [3.05, 3.63) is 40.4 Å². The lowest BCUT2D eigenvalue weighted by molar-refractivity contribution is 0.742. The molecule has 2 rings (SSSR count). The van der Waals surface area contributed by atoms with Gasteiger partial charge in [0.1, 0.15) is 11.3 Å². The summed E-state index contributed by atoms with van der Waals surface area (Å²) in [7, 11) is 1.85. The Hall–Kier alpha value is -1.47. The monoisotopic (exact) mass is 339 g/mol. The molecule has 0 saturated heterocycles. The summed E-state index contributed by atoms with van der Waals surface area (Å²) < 4.78 is 2.64. The third kappa shape index (κ3) is 3.74. The smallest absolute Gasteiger partial charge is 0.152 e. The first-order valence-corrected chi connectivity index (χ1v) is 6.94. The molecule has 0 aliphatic rings. The normalized spacial score (nSPS) is 10.4. The maximum Gasteiger partial charge on any atom is 0.152 e. The average Bonchev–Trinajstić information content (AvgIpc) is 2.77. The first-order valence-electron chi connectivity index (χ1n) is 5.74. The summed E-state index contributed by atoms with van der Waals surface area (Å²) in [6.45, 7) is 0.723. The third-order valence-electron chi connectivity index (χ3n) is 2.56. The highest BCUT2D eigenvalue weighted by Gasteiger charge is 2.06. The van der Waals surface area contributed by atoms with Crippen molar-refractivity contribution in [2.45, 2.75) is 6.42 Å². The molecule has 0 saturated carbocycles. The predicted octanol–water partition coefficient (Wildman–Crippen LogP) is 1.87. The Labute approximate surface area is 125 Å². The van der Waals surface area contributed by atoms with E-state index < -0.39 is 0 Å². The van der Waals surface area contributed by atoms with Crippen LogP contribution in [0.4, 0.5) is 5.69 Å². The second kappa shape index (κ2) is 6.12. The van der Waals surface area contributed by atoms with Crippen LogP contribution in [-0.2, 0) is 13.5 Å². The van der Waals surface area contributed by atoms with Gasteiger partial charge in [-0.1, -0.05) is 28.1 Å². The van der Waals surface area contributed by atoms with Crippen LogP contribution in [0.3, 0.4) is 0 Å². The minimum Gasteiger partial charge on any atom is -0.389 e. The number of halogens is 1. The quantitative estimate of drug-likeness (QED) is 0.814. The molecule has 1 heterocycles. The van der Waals surface area contributed by atoms with Crippen molar-refractivity contribution in [2.75, 3.05) is 11.9 Å². The van der Waals surface area contributed by atoms with Crippen LogP contribution in [0.5, 0.6) is 0 Å². The van der Waals surface area contributed by atoms with Gasteiger partial charge in [0.15, 0.2) is 5.82 Å². The lowest BCUT2D eigenvalue weighted by Crippen LogP contribution is -2.15. The van der Waals surface area contributed by atoms with E-state index in [-0.39, 0.29) is 0 Å². The fourth-order valence-electron chi connectivity index (χ4n) is 1.68. The van der Waals surface area contributed by atoms with Crippen LogP contribution in [0, 0.1) is 0 Å². The minimum atomic E-state index is 0.375. The van der Waals surface area contributed by atoms with E-state index >= 15 is 0 Å². The van der Waals surface area contributed by atoms with Gasteiger partial charge in [0.2, 0.25) is 0 Å². The summed E-state index contributed by atoms with van der Waals surface area (Å²) in [6.07, 6.45) is 2.43. The predicted molar refractivity (Wildman–Crippen MR) is 83.2 cm³/mol. The van der Waals surface area contributed by atoms with Gasteiger partial charge < -0.3 is 11.1 Å². The molecule has 0 radical (unpaired) electrons. The Kier molecular flexibility index (Phi) is 4.49. The number of aromatic nitrogens is 3. The molecule has 0 atom stereocenters. The van der Waals surface area contributed by atoms with E-state index in [4.69, 9.17) is 18.0 Å². The lowest BCUT2D eigenvalue weighted by Gasteiger charge is -2.10. The molecule has 2 aromatic rings. The number of rotatable bonds is 5. The third-order valence-corrected chi connectivity index (χ3v) is 3.27. The Morgan fingerprint density at radius 1 is 1.53 bits per heavy atom. The van der Waals surface area contributed by atoms with Crippen molar-refractivity contribution in [1.82, 2.24) is 14.8 Å². The summed E-state index contributed by atoms with van der Waals surface area (Å²) in [5.74, 6) is 0.809. The summed E-state index contributed by atoms with van der Waals surface area (Å²) in [5, 5.41) is 7.52. The highest BCUT2D eigenvalue weighted by molar-refractivity contribution is 9.10. The van der Waals surface area contributed by atoms with Crippen LogP contribution in [0.25, 0.3) is 0 Å². The number of nitrogens with two attached hydrogens (primary N) is 1. The second-order valence-corrected chi connectivity index (χ2v) is 5.42. The van der Waals surface area contributed by atoms with Gasteiger partial charge in [0, 0.05) is 35.7 Å². The molecule has 0 spiro atoms. The number of anilines is 1. The molecule has 19 heavy (non-hydrogen) atoms. The van der Waals surface area contributed by atoms with Crippen molar-refractivity contribution < 1.29 is 0 Å². The zero-order chi connectivity index (χ0) is 13.8. The van der Waals surface area contributed by atoms with Gasteiger partial charge >= 0.3 is 0 Å². The van der Waals surface area contributed by atoms with Gasteiger partial charge in [-0.2, -0.15) is 5.10 Å². The van der Waals surface area contributed by atoms with Gasteiger partial charge in [-0.05, 0) is 18.2 Å². The van der Waals surface area contributed by atoms with Crippen LogP contribution < -0.4 is 11.1 Å². The van der Waals surface area contributed by atoms with E-state index in [1.54, 1.807) is 11.0 Å². The molecule has 0 aliphatic carbocycles. The number of nitrogens with zero attached hydrogens (tertiary/aromatic N) is 3. The minimum absolute atomic E-state index is 0.375. The number of benzene rings is 1. The van der Waals surface area contributed by atoms with Crippen molar-refractivity contribution >= 4 is 38.8 Å². The molecule has 0 amide bonds. The highest BCUT2D eigenvalue weighted by Crippen LogP contribution is 2.21. The number of nitrogens with one attached hydrogen (secondary N) is 1. The van der Waals surface area contributed by atoms with E-state index in [9.17, 15) is 0 Å². The van der Waals surface area contributed by atoms with Gasteiger partial charge in [-0.25, -0.2) is 4.98 Å². The Morgan fingerprint density at radius 2 is 2.32 bits per heavy atom. The van der Waals surface area contributed by atoms with Crippen molar-refractivity contribution in [2.24, 2.45) is 12.8 Å². The molecule has 0 aliphatic heterocycles. The summed E-state index contributed by atoms with van der Waals surface area (Å²) in [5.41, 5.74) is 7.47. The maximum atomic E-state index is 5.71. The van der Waals surface area contributed by atoms with Crippen LogP contribution >= 0.6 is 28.1 Å². The molecule has 0 fully saturated rings. The molecule has 0 unspecified atom stereocenters. The van der Waals surface area contributed by atoms with Crippen molar-refractivity contribution in [3.63, 3.8) is 0 Å². The van der Waals surface area contributed by atoms with Crippen LogP contribution in [0.1, 0.15) is 11.4 Å². The van der Waals surface area contributed by atoms with Gasteiger partial charge in [-0.3, -0.25) is 4.68 Å². The fourth-order valence-corrected chi connectivity index (χ4v) is 2.21. The molecule has 3 N–H and O–H groups in total. The second-order valence-electron chi connectivity index (χ2n) is 4.07. The highest BCUT2D eigenvalue weighted by atomic mass is 79.9. The molecule has 100 valence electrons. The van der Waals surface area contributed by atoms with E-state index in [0.29, 0.717) is 4.99 Å². The van der Waals surface area contributed by atoms with Gasteiger partial charge in [-0.15, -0.1) is 0 Å². The molecule has 5 nitrogen and oxygen atoms in total. The van der Waals surface area contributed by atoms with Crippen LogP contribution in [0.2, 0.25) is 0 Å². The number of thiocarbonyl (C=S) groups is 1. The largest absolute Gasteiger partial charge is 0.389 e. The molecular weight excluding hydrogens is 326 g/mol. The van der Waals surface area contributed by atoms with E-state index in [1.807, 2.05) is 25.2 Å². The number of hydrogen-bond acceptors (Lipinski definition) is 4. The molecular formula is C12H14BrN5S. The number of aryl methyl sites for hydroxylation is 1. The molecule has 1 aromatic carbocycles. The van der Waals surface area contributed by atoms with Crippen LogP contribution in [-0.4, -0.2) is 26.3 Å².